The topological polar surface area (TPSA) is 29.3 Å². The van der Waals surface area contributed by atoms with Crippen LogP contribution in [0.25, 0.3) is 0 Å². The third-order valence-electron chi connectivity index (χ3n) is 1.58. The standard InChI is InChI=1S/C8H20N2.C2H6/c1-8(5-4-6-9)7-10(2)3;1-2/h8H,4-7,9H2,1-3H3;1-2H3. The number of nitrogens with two attached hydrogens (primary N) is 1. The molecule has 0 aromatic rings. The maximum absolute atomic E-state index is 5.39. The molecule has 76 valence electrons. The van der Waals surface area contributed by atoms with Crippen LogP contribution in [0.4, 0.5) is 0 Å². The molecule has 0 aliphatic rings. The van der Waals surface area contributed by atoms with Crippen molar-refractivity contribution in [3.05, 3.63) is 0 Å². The lowest BCUT2D eigenvalue weighted by atomic mass is 10.1. The minimum Gasteiger partial charge on any atom is -0.330 e. The SMILES string of the molecule is CC.CC(CCCN)CN(C)C. The van der Waals surface area contributed by atoms with Crippen molar-refractivity contribution in [2.45, 2.75) is 33.6 Å². The molecule has 0 radical (unpaired) electrons. The fourth-order valence-corrected chi connectivity index (χ4v) is 1.18. The van der Waals surface area contributed by atoms with Gasteiger partial charge in [0, 0.05) is 6.54 Å². The fraction of sp³-hybridized carbons (Fsp3) is 1.00. The van der Waals surface area contributed by atoms with E-state index in [9.17, 15) is 0 Å². The molecule has 2 heteroatoms. The molecule has 0 aromatic heterocycles. The average Bonchev–Trinajstić information content (AvgIpc) is 2.03. The van der Waals surface area contributed by atoms with Crippen LogP contribution in [0.3, 0.4) is 0 Å². The summed E-state index contributed by atoms with van der Waals surface area (Å²) in [6.07, 6.45) is 2.42. The average molecular weight is 174 g/mol. The first kappa shape index (κ1) is 14.4. The highest BCUT2D eigenvalue weighted by Gasteiger charge is 2.01. The van der Waals surface area contributed by atoms with Gasteiger partial charge in [-0.1, -0.05) is 20.8 Å². The highest BCUT2D eigenvalue weighted by atomic mass is 15.1. The van der Waals surface area contributed by atoms with Crippen molar-refractivity contribution in [1.29, 1.82) is 0 Å². The van der Waals surface area contributed by atoms with Crippen LogP contribution in [0.2, 0.25) is 0 Å². The summed E-state index contributed by atoms with van der Waals surface area (Å²) in [4.78, 5) is 2.22. The predicted octanol–water partition coefficient (Wildman–Crippen LogP) is 1.95. The normalized spacial score (nSPS) is 12.2. The number of nitrogens with zero attached hydrogens (tertiary/aromatic N) is 1. The maximum Gasteiger partial charge on any atom is 0.0000928 e. The van der Waals surface area contributed by atoms with Gasteiger partial charge in [0.25, 0.3) is 0 Å². The molecular weight excluding hydrogens is 148 g/mol. The Kier molecular flexibility index (Phi) is 13.1. The van der Waals surface area contributed by atoms with Crippen LogP contribution >= 0.6 is 0 Å². The van der Waals surface area contributed by atoms with Crippen molar-refractivity contribution in [1.82, 2.24) is 4.90 Å². The molecule has 1 unspecified atom stereocenters. The first-order valence-electron chi connectivity index (χ1n) is 5.01. The van der Waals surface area contributed by atoms with Crippen molar-refractivity contribution in [3.63, 3.8) is 0 Å². The summed E-state index contributed by atoms with van der Waals surface area (Å²) in [6, 6.07) is 0. The molecule has 0 bridgehead atoms. The highest BCUT2D eigenvalue weighted by Crippen LogP contribution is 2.04. The van der Waals surface area contributed by atoms with Gasteiger partial charge in [0.05, 0.1) is 0 Å². The van der Waals surface area contributed by atoms with E-state index < -0.39 is 0 Å². The lowest BCUT2D eigenvalue weighted by Gasteiger charge is -2.15. The Morgan fingerprint density at radius 2 is 1.75 bits per heavy atom. The second-order valence-corrected chi connectivity index (χ2v) is 3.30. The van der Waals surface area contributed by atoms with Crippen LogP contribution in [-0.2, 0) is 0 Å². The Morgan fingerprint density at radius 3 is 2.08 bits per heavy atom. The number of rotatable bonds is 5. The summed E-state index contributed by atoms with van der Waals surface area (Å²) in [5.41, 5.74) is 5.39. The van der Waals surface area contributed by atoms with Crippen LogP contribution in [0, 0.1) is 5.92 Å². The van der Waals surface area contributed by atoms with Crippen molar-refractivity contribution in [3.8, 4) is 0 Å². The third-order valence-corrected chi connectivity index (χ3v) is 1.58. The van der Waals surface area contributed by atoms with E-state index in [0.717, 1.165) is 18.9 Å². The summed E-state index contributed by atoms with van der Waals surface area (Å²) in [5.74, 6) is 0.790. The first-order valence-corrected chi connectivity index (χ1v) is 5.01. The molecule has 0 spiro atoms. The summed E-state index contributed by atoms with van der Waals surface area (Å²) >= 11 is 0. The molecule has 0 aliphatic carbocycles. The molecule has 0 saturated heterocycles. The Morgan fingerprint density at radius 1 is 1.25 bits per heavy atom. The quantitative estimate of drug-likeness (QED) is 0.690. The van der Waals surface area contributed by atoms with Gasteiger partial charge in [0.15, 0.2) is 0 Å². The molecule has 0 amide bonds. The molecule has 0 heterocycles. The van der Waals surface area contributed by atoms with Gasteiger partial charge >= 0.3 is 0 Å². The van der Waals surface area contributed by atoms with Crippen molar-refractivity contribution in [2.24, 2.45) is 11.7 Å². The van der Waals surface area contributed by atoms with Gasteiger partial charge < -0.3 is 10.6 Å². The first-order chi connectivity index (χ1) is 5.66. The second kappa shape index (κ2) is 10.9. The van der Waals surface area contributed by atoms with Gasteiger partial charge in [-0.2, -0.15) is 0 Å². The van der Waals surface area contributed by atoms with E-state index in [2.05, 4.69) is 25.9 Å². The minimum atomic E-state index is 0.790. The molecule has 2 N–H and O–H groups in total. The smallest absolute Gasteiger partial charge is 0.0000928 e. The molecule has 0 saturated carbocycles. The van der Waals surface area contributed by atoms with Crippen LogP contribution < -0.4 is 5.73 Å². The van der Waals surface area contributed by atoms with Gasteiger partial charge in [0.2, 0.25) is 0 Å². The Balaban J connectivity index is 0. The molecule has 12 heavy (non-hydrogen) atoms. The van der Waals surface area contributed by atoms with E-state index in [1.165, 1.54) is 13.0 Å². The molecule has 2 nitrogen and oxygen atoms in total. The Bertz CT molecular complexity index is 72.2. The maximum atomic E-state index is 5.39. The van der Waals surface area contributed by atoms with Gasteiger partial charge in [-0.25, -0.2) is 0 Å². The molecule has 0 aromatic carbocycles. The van der Waals surface area contributed by atoms with E-state index in [1.807, 2.05) is 13.8 Å². The molecule has 0 rings (SSSR count). The highest BCUT2D eigenvalue weighted by molar-refractivity contribution is 4.56. The summed E-state index contributed by atoms with van der Waals surface area (Å²) in [7, 11) is 4.22. The van der Waals surface area contributed by atoms with Crippen molar-refractivity contribution in [2.75, 3.05) is 27.2 Å². The molecule has 1 atom stereocenters. The number of hydrogen-bond donors (Lipinski definition) is 1. The van der Waals surface area contributed by atoms with Crippen molar-refractivity contribution >= 4 is 0 Å². The molecule has 0 aliphatic heterocycles. The monoisotopic (exact) mass is 174 g/mol. The van der Waals surface area contributed by atoms with Gasteiger partial charge in [-0.15, -0.1) is 0 Å². The van der Waals surface area contributed by atoms with Gasteiger partial charge in [0.1, 0.15) is 0 Å². The van der Waals surface area contributed by atoms with E-state index in [-0.39, 0.29) is 0 Å². The predicted molar refractivity (Wildman–Crippen MR) is 57.4 cm³/mol. The van der Waals surface area contributed by atoms with E-state index in [1.54, 1.807) is 0 Å². The minimum absolute atomic E-state index is 0.790. The summed E-state index contributed by atoms with van der Waals surface area (Å²) in [6.45, 7) is 8.29. The number of hydrogen-bond acceptors (Lipinski definition) is 2. The van der Waals surface area contributed by atoms with Crippen LogP contribution in [0.1, 0.15) is 33.6 Å². The summed E-state index contributed by atoms with van der Waals surface area (Å²) < 4.78 is 0. The molecular formula is C10H26N2. The Hall–Kier alpha value is -0.0800. The fourth-order valence-electron chi connectivity index (χ4n) is 1.18. The Labute approximate surface area is 78.1 Å². The summed E-state index contributed by atoms with van der Waals surface area (Å²) in [5, 5.41) is 0. The second-order valence-electron chi connectivity index (χ2n) is 3.30. The van der Waals surface area contributed by atoms with Crippen LogP contribution in [0.15, 0.2) is 0 Å². The van der Waals surface area contributed by atoms with E-state index in [0.29, 0.717) is 0 Å². The molecule has 0 fully saturated rings. The van der Waals surface area contributed by atoms with Gasteiger partial charge in [-0.3, -0.25) is 0 Å². The van der Waals surface area contributed by atoms with E-state index in [4.69, 9.17) is 5.73 Å². The van der Waals surface area contributed by atoms with Crippen LogP contribution in [0.5, 0.6) is 0 Å². The largest absolute Gasteiger partial charge is 0.330 e. The third kappa shape index (κ3) is 12.6. The van der Waals surface area contributed by atoms with Crippen molar-refractivity contribution < 1.29 is 0 Å². The zero-order valence-corrected chi connectivity index (χ0v) is 9.43. The van der Waals surface area contributed by atoms with E-state index >= 15 is 0 Å². The lowest BCUT2D eigenvalue weighted by Crippen LogP contribution is -2.20. The lowest BCUT2D eigenvalue weighted by molar-refractivity contribution is 0.325. The van der Waals surface area contributed by atoms with Gasteiger partial charge in [-0.05, 0) is 39.4 Å². The zero-order chi connectivity index (χ0) is 9.98. The van der Waals surface area contributed by atoms with Crippen LogP contribution in [-0.4, -0.2) is 32.1 Å². The zero-order valence-electron chi connectivity index (χ0n) is 9.43.